The Kier molecular flexibility index (Phi) is 4.19. The Labute approximate surface area is 86.8 Å². The van der Waals surface area contributed by atoms with Gasteiger partial charge in [0.15, 0.2) is 0 Å². The lowest BCUT2D eigenvalue weighted by Crippen LogP contribution is -2.15. The van der Waals surface area contributed by atoms with Crippen molar-refractivity contribution < 1.29 is 14.1 Å². The Morgan fingerprint density at radius 3 is 2.93 bits per heavy atom. The van der Waals surface area contributed by atoms with Crippen molar-refractivity contribution in [1.82, 2.24) is 10.1 Å². The molecule has 1 atom stereocenters. The van der Waals surface area contributed by atoms with Crippen LogP contribution < -0.4 is 11.5 Å². The molecule has 1 unspecified atom stereocenters. The highest BCUT2D eigenvalue weighted by Gasteiger charge is 2.16. The van der Waals surface area contributed by atoms with Gasteiger partial charge >= 0.3 is 0 Å². The lowest BCUT2D eigenvalue weighted by Gasteiger charge is -2.04. The summed E-state index contributed by atoms with van der Waals surface area (Å²) >= 11 is 0. The summed E-state index contributed by atoms with van der Waals surface area (Å²) in [5.74, 6) is -0.652. The van der Waals surface area contributed by atoms with Crippen LogP contribution in [0.2, 0.25) is 0 Å². The molecule has 15 heavy (non-hydrogen) atoms. The summed E-state index contributed by atoms with van der Waals surface area (Å²) in [5.41, 5.74) is 10.7. The minimum atomic E-state index is -0.728. The van der Waals surface area contributed by atoms with Crippen LogP contribution >= 0.6 is 0 Å². The SMILES string of the molecule is COCCCC(N)c1nc(C(N)=O)no1. The molecule has 0 aromatic carbocycles. The van der Waals surface area contributed by atoms with Gasteiger partial charge in [-0.3, -0.25) is 4.79 Å². The second-order valence-electron chi connectivity index (χ2n) is 3.06. The van der Waals surface area contributed by atoms with Crippen molar-refractivity contribution in [1.29, 1.82) is 0 Å². The van der Waals surface area contributed by atoms with E-state index in [9.17, 15) is 4.79 Å². The monoisotopic (exact) mass is 214 g/mol. The fourth-order valence-electron chi connectivity index (χ4n) is 1.06. The molecule has 1 heterocycles. The van der Waals surface area contributed by atoms with E-state index in [1.54, 1.807) is 7.11 Å². The number of nitrogens with two attached hydrogens (primary N) is 2. The predicted octanol–water partition coefficient (Wildman–Crippen LogP) is -0.405. The van der Waals surface area contributed by atoms with Crippen LogP contribution in [0.15, 0.2) is 4.52 Å². The zero-order valence-corrected chi connectivity index (χ0v) is 8.47. The Bertz CT molecular complexity index is 325. The third-order valence-electron chi connectivity index (χ3n) is 1.84. The molecular weight excluding hydrogens is 200 g/mol. The Morgan fingerprint density at radius 2 is 2.40 bits per heavy atom. The average Bonchev–Trinajstić information content (AvgIpc) is 2.66. The van der Waals surface area contributed by atoms with E-state index in [1.807, 2.05) is 0 Å². The van der Waals surface area contributed by atoms with Crippen LogP contribution in [0.5, 0.6) is 0 Å². The van der Waals surface area contributed by atoms with E-state index >= 15 is 0 Å². The number of carbonyl (C=O) groups is 1. The summed E-state index contributed by atoms with van der Waals surface area (Å²) in [7, 11) is 1.61. The van der Waals surface area contributed by atoms with Gasteiger partial charge in [0.2, 0.25) is 5.89 Å². The van der Waals surface area contributed by atoms with Crippen molar-refractivity contribution in [2.75, 3.05) is 13.7 Å². The maximum absolute atomic E-state index is 10.7. The quantitative estimate of drug-likeness (QED) is 0.622. The summed E-state index contributed by atoms with van der Waals surface area (Å²) in [6.45, 7) is 0.616. The van der Waals surface area contributed by atoms with Gasteiger partial charge in [-0.25, -0.2) is 0 Å². The van der Waals surface area contributed by atoms with E-state index in [2.05, 4.69) is 10.1 Å². The number of nitrogens with zero attached hydrogens (tertiary/aromatic N) is 2. The van der Waals surface area contributed by atoms with Gasteiger partial charge in [0.05, 0.1) is 6.04 Å². The van der Waals surface area contributed by atoms with E-state index in [0.717, 1.165) is 6.42 Å². The molecule has 1 aromatic heterocycles. The molecule has 0 bridgehead atoms. The van der Waals surface area contributed by atoms with Crippen molar-refractivity contribution in [3.63, 3.8) is 0 Å². The molecule has 0 saturated carbocycles. The standard InChI is InChI=1S/C8H14N4O3/c1-14-4-2-3-5(9)8-11-7(6(10)13)12-15-8/h5H,2-4,9H2,1H3,(H2,10,13). The third kappa shape index (κ3) is 3.30. The molecule has 1 aromatic rings. The highest BCUT2D eigenvalue weighted by molar-refractivity contribution is 5.88. The lowest BCUT2D eigenvalue weighted by atomic mass is 10.2. The maximum atomic E-state index is 10.7. The second kappa shape index (κ2) is 5.42. The topological polar surface area (TPSA) is 117 Å². The van der Waals surface area contributed by atoms with Crippen molar-refractivity contribution in [3.8, 4) is 0 Å². The van der Waals surface area contributed by atoms with Gasteiger partial charge in [0.1, 0.15) is 0 Å². The van der Waals surface area contributed by atoms with Gasteiger partial charge in [0.25, 0.3) is 11.7 Å². The van der Waals surface area contributed by atoms with Crippen LogP contribution in [0.3, 0.4) is 0 Å². The second-order valence-corrected chi connectivity index (χ2v) is 3.06. The van der Waals surface area contributed by atoms with Gasteiger partial charge in [0, 0.05) is 13.7 Å². The molecular formula is C8H14N4O3. The Balaban J connectivity index is 2.50. The third-order valence-corrected chi connectivity index (χ3v) is 1.84. The first-order valence-electron chi connectivity index (χ1n) is 4.53. The number of rotatable bonds is 6. The average molecular weight is 214 g/mol. The molecule has 0 aliphatic heterocycles. The number of aromatic nitrogens is 2. The number of carbonyl (C=O) groups excluding carboxylic acids is 1. The molecule has 4 N–H and O–H groups in total. The number of hydrogen-bond acceptors (Lipinski definition) is 6. The summed E-state index contributed by atoms with van der Waals surface area (Å²) in [6, 6.07) is -0.388. The number of hydrogen-bond donors (Lipinski definition) is 2. The van der Waals surface area contributed by atoms with Crippen LogP contribution in [0.4, 0.5) is 0 Å². The summed E-state index contributed by atoms with van der Waals surface area (Å²) in [5, 5.41) is 3.39. The molecule has 84 valence electrons. The zero-order valence-electron chi connectivity index (χ0n) is 8.47. The van der Waals surface area contributed by atoms with Crippen LogP contribution in [0.1, 0.15) is 35.4 Å². The first-order chi connectivity index (χ1) is 7.15. The number of amides is 1. The Hall–Kier alpha value is -1.47. The van der Waals surface area contributed by atoms with Gasteiger partial charge in [-0.2, -0.15) is 4.98 Å². The molecule has 0 fully saturated rings. The molecule has 0 spiro atoms. The molecule has 0 aliphatic rings. The van der Waals surface area contributed by atoms with Crippen LogP contribution in [0.25, 0.3) is 0 Å². The molecule has 7 nitrogen and oxygen atoms in total. The highest BCUT2D eigenvalue weighted by atomic mass is 16.5. The van der Waals surface area contributed by atoms with E-state index < -0.39 is 5.91 Å². The fourth-order valence-corrected chi connectivity index (χ4v) is 1.06. The van der Waals surface area contributed by atoms with Crippen LogP contribution in [-0.4, -0.2) is 29.8 Å². The Morgan fingerprint density at radius 1 is 1.67 bits per heavy atom. The molecule has 1 rings (SSSR count). The molecule has 1 amide bonds. The van der Waals surface area contributed by atoms with Gasteiger partial charge in [-0.15, -0.1) is 0 Å². The van der Waals surface area contributed by atoms with Crippen molar-refractivity contribution >= 4 is 5.91 Å². The van der Waals surface area contributed by atoms with Crippen LogP contribution in [0, 0.1) is 0 Å². The lowest BCUT2D eigenvalue weighted by molar-refractivity contribution is 0.0987. The van der Waals surface area contributed by atoms with E-state index in [4.69, 9.17) is 20.7 Å². The molecule has 0 radical (unpaired) electrons. The van der Waals surface area contributed by atoms with Crippen molar-refractivity contribution in [2.24, 2.45) is 11.5 Å². The van der Waals surface area contributed by atoms with Gasteiger partial charge in [-0.05, 0) is 12.8 Å². The molecule has 7 heteroatoms. The van der Waals surface area contributed by atoms with E-state index in [1.165, 1.54) is 0 Å². The predicted molar refractivity (Wildman–Crippen MR) is 50.9 cm³/mol. The number of primary amides is 1. The van der Waals surface area contributed by atoms with E-state index in [-0.39, 0.29) is 17.8 Å². The minimum absolute atomic E-state index is 0.146. The van der Waals surface area contributed by atoms with Crippen molar-refractivity contribution in [2.45, 2.75) is 18.9 Å². The van der Waals surface area contributed by atoms with E-state index in [0.29, 0.717) is 13.0 Å². The first-order valence-corrected chi connectivity index (χ1v) is 4.53. The fraction of sp³-hybridized carbons (Fsp3) is 0.625. The zero-order chi connectivity index (χ0) is 11.3. The normalized spacial score (nSPS) is 12.7. The van der Waals surface area contributed by atoms with Crippen molar-refractivity contribution in [3.05, 3.63) is 11.7 Å². The summed E-state index contributed by atoms with van der Waals surface area (Å²) in [4.78, 5) is 14.4. The highest BCUT2D eigenvalue weighted by Crippen LogP contribution is 2.13. The number of ether oxygens (including phenoxy) is 1. The minimum Gasteiger partial charge on any atom is -0.385 e. The maximum Gasteiger partial charge on any atom is 0.290 e. The number of methoxy groups -OCH3 is 1. The van der Waals surface area contributed by atoms with Gasteiger partial charge < -0.3 is 20.7 Å². The largest absolute Gasteiger partial charge is 0.385 e. The molecule has 0 saturated heterocycles. The summed E-state index contributed by atoms with van der Waals surface area (Å²) in [6.07, 6.45) is 1.43. The smallest absolute Gasteiger partial charge is 0.290 e. The summed E-state index contributed by atoms with van der Waals surface area (Å²) < 4.78 is 9.67. The van der Waals surface area contributed by atoms with Gasteiger partial charge in [-0.1, -0.05) is 5.16 Å². The first kappa shape index (κ1) is 11.6. The van der Waals surface area contributed by atoms with Crippen LogP contribution in [-0.2, 0) is 4.74 Å². The molecule has 0 aliphatic carbocycles.